The molecule has 0 heterocycles. The van der Waals surface area contributed by atoms with Crippen molar-refractivity contribution in [2.45, 2.75) is 33.6 Å². The number of carbonyl (C=O) groups is 2. The van der Waals surface area contributed by atoms with Crippen molar-refractivity contribution in [2.24, 2.45) is 5.92 Å². The standard InChI is InChI=1S/C16H23NO3/c1-4-15(18)13-5-7-14(8-6-13)20-11-16(19)17-10-9-12(2)3/h5-8,12H,4,9-11H2,1-3H3,(H,17,19). The number of nitrogens with one attached hydrogen (secondary N) is 1. The van der Waals surface area contributed by atoms with Gasteiger partial charge in [0.1, 0.15) is 5.75 Å². The molecule has 0 unspecified atom stereocenters. The molecule has 0 atom stereocenters. The molecule has 0 fully saturated rings. The second-order valence-electron chi connectivity index (χ2n) is 5.12. The van der Waals surface area contributed by atoms with Crippen molar-refractivity contribution in [3.05, 3.63) is 29.8 Å². The fourth-order valence-corrected chi connectivity index (χ4v) is 1.64. The van der Waals surface area contributed by atoms with E-state index in [1.807, 2.05) is 6.92 Å². The molecule has 1 aromatic carbocycles. The number of amides is 1. The Morgan fingerprint density at radius 3 is 2.40 bits per heavy atom. The first kappa shape index (κ1) is 16.2. The molecule has 0 aromatic heterocycles. The van der Waals surface area contributed by atoms with Crippen LogP contribution in [0, 0.1) is 5.92 Å². The Kier molecular flexibility index (Phi) is 6.77. The van der Waals surface area contributed by atoms with Crippen LogP contribution < -0.4 is 10.1 Å². The Balaban J connectivity index is 2.34. The Morgan fingerprint density at radius 1 is 1.20 bits per heavy atom. The molecule has 110 valence electrons. The zero-order valence-corrected chi connectivity index (χ0v) is 12.4. The summed E-state index contributed by atoms with van der Waals surface area (Å²) in [5, 5.41) is 2.80. The number of benzene rings is 1. The smallest absolute Gasteiger partial charge is 0.257 e. The van der Waals surface area contributed by atoms with Crippen molar-refractivity contribution in [1.82, 2.24) is 5.32 Å². The van der Waals surface area contributed by atoms with Gasteiger partial charge in [0.05, 0.1) is 0 Å². The fourth-order valence-electron chi connectivity index (χ4n) is 1.64. The van der Waals surface area contributed by atoms with Crippen LogP contribution in [0.25, 0.3) is 0 Å². The molecular formula is C16H23NO3. The van der Waals surface area contributed by atoms with Gasteiger partial charge in [-0.15, -0.1) is 0 Å². The molecule has 1 rings (SSSR count). The minimum absolute atomic E-state index is 0.000827. The number of carbonyl (C=O) groups excluding carboxylic acids is 2. The first-order chi connectivity index (χ1) is 9.52. The van der Waals surface area contributed by atoms with Gasteiger partial charge in [0, 0.05) is 18.5 Å². The summed E-state index contributed by atoms with van der Waals surface area (Å²) in [7, 11) is 0. The number of ketones is 1. The molecular weight excluding hydrogens is 254 g/mol. The SMILES string of the molecule is CCC(=O)c1ccc(OCC(=O)NCCC(C)C)cc1. The predicted octanol–water partition coefficient (Wildman–Crippen LogP) is 2.82. The van der Waals surface area contributed by atoms with Gasteiger partial charge in [-0.25, -0.2) is 0 Å². The average molecular weight is 277 g/mol. The van der Waals surface area contributed by atoms with Crippen LogP contribution in [-0.4, -0.2) is 24.8 Å². The molecule has 0 saturated carbocycles. The normalized spacial score (nSPS) is 10.4. The van der Waals surface area contributed by atoms with E-state index in [0.717, 1.165) is 6.42 Å². The summed E-state index contributed by atoms with van der Waals surface area (Å²) in [5.74, 6) is 1.14. The van der Waals surface area contributed by atoms with Crippen LogP contribution >= 0.6 is 0 Å². The summed E-state index contributed by atoms with van der Waals surface area (Å²) in [5.41, 5.74) is 0.668. The number of rotatable bonds is 8. The van der Waals surface area contributed by atoms with Crippen molar-refractivity contribution in [2.75, 3.05) is 13.2 Å². The van der Waals surface area contributed by atoms with Gasteiger partial charge in [-0.05, 0) is 36.6 Å². The van der Waals surface area contributed by atoms with Gasteiger partial charge in [0.2, 0.25) is 0 Å². The molecule has 20 heavy (non-hydrogen) atoms. The number of Topliss-reactive ketones (excluding diaryl/α,β-unsaturated/α-hetero) is 1. The Morgan fingerprint density at radius 2 is 1.85 bits per heavy atom. The van der Waals surface area contributed by atoms with Gasteiger partial charge in [0.25, 0.3) is 5.91 Å². The summed E-state index contributed by atoms with van der Waals surface area (Å²) < 4.78 is 5.37. The van der Waals surface area contributed by atoms with Crippen molar-refractivity contribution < 1.29 is 14.3 Å². The van der Waals surface area contributed by atoms with E-state index in [1.54, 1.807) is 24.3 Å². The van der Waals surface area contributed by atoms with Gasteiger partial charge in [-0.1, -0.05) is 20.8 Å². The van der Waals surface area contributed by atoms with Crippen LogP contribution in [0.5, 0.6) is 5.75 Å². The highest BCUT2D eigenvalue weighted by Crippen LogP contribution is 2.13. The first-order valence-electron chi connectivity index (χ1n) is 7.05. The quantitative estimate of drug-likeness (QED) is 0.743. The maximum Gasteiger partial charge on any atom is 0.257 e. The topological polar surface area (TPSA) is 55.4 Å². The summed E-state index contributed by atoms with van der Waals surface area (Å²) >= 11 is 0. The van der Waals surface area contributed by atoms with Crippen LogP contribution in [0.1, 0.15) is 44.0 Å². The van der Waals surface area contributed by atoms with E-state index in [4.69, 9.17) is 4.74 Å². The molecule has 0 saturated heterocycles. The molecule has 0 radical (unpaired) electrons. The van der Waals surface area contributed by atoms with Crippen molar-refractivity contribution in [1.29, 1.82) is 0 Å². The van der Waals surface area contributed by atoms with Gasteiger partial charge in [-0.2, -0.15) is 0 Å². The summed E-state index contributed by atoms with van der Waals surface area (Å²) in [4.78, 5) is 23.0. The maximum atomic E-state index is 11.5. The molecule has 1 aromatic rings. The lowest BCUT2D eigenvalue weighted by atomic mass is 10.1. The van der Waals surface area contributed by atoms with Crippen molar-refractivity contribution in [3.63, 3.8) is 0 Å². The summed E-state index contributed by atoms with van der Waals surface area (Å²) in [6.45, 7) is 6.72. The van der Waals surface area contributed by atoms with Crippen molar-refractivity contribution >= 4 is 11.7 Å². The summed E-state index contributed by atoms with van der Waals surface area (Å²) in [6.07, 6.45) is 1.44. The monoisotopic (exact) mass is 277 g/mol. The second-order valence-corrected chi connectivity index (χ2v) is 5.12. The Labute approximate surface area is 120 Å². The maximum absolute atomic E-state index is 11.5. The molecule has 0 aliphatic rings. The molecule has 1 amide bonds. The van der Waals surface area contributed by atoms with Crippen molar-refractivity contribution in [3.8, 4) is 5.75 Å². The zero-order chi connectivity index (χ0) is 15.0. The third kappa shape index (κ3) is 5.87. The molecule has 1 N–H and O–H groups in total. The number of hydrogen-bond acceptors (Lipinski definition) is 3. The van der Waals surface area contributed by atoms with Gasteiger partial charge in [0.15, 0.2) is 12.4 Å². The van der Waals surface area contributed by atoms with E-state index >= 15 is 0 Å². The molecule has 0 spiro atoms. The highest BCUT2D eigenvalue weighted by molar-refractivity contribution is 5.95. The van der Waals surface area contributed by atoms with Crippen LogP contribution in [-0.2, 0) is 4.79 Å². The van der Waals surface area contributed by atoms with Crippen LogP contribution in [0.2, 0.25) is 0 Å². The van der Waals surface area contributed by atoms with Gasteiger partial charge < -0.3 is 10.1 Å². The highest BCUT2D eigenvalue weighted by Gasteiger charge is 2.05. The van der Waals surface area contributed by atoms with E-state index in [9.17, 15) is 9.59 Å². The van der Waals surface area contributed by atoms with Crippen LogP contribution in [0.15, 0.2) is 24.3 Å². The first-order valence-corrected chi connectivity index (χ1v) is 7.05. The second kappa shape index (κ2) is 8.35. The minimum Gasteiger partial charge on any atom is -0.484 e. The molecule has 0 bridgehead atoms. The van der Waals surface area contributed by atoms with Gasteiger partial charge >= 0.3 is 0 Å². The average Bonchev–Trinajstić information content (AvgIpc) is 2.44. The van der Waals surface area contributed by atoms with E-state index in [1.165, 1.54) is 0 Å². The number of hydrogen-bond donors (Lipinski definition) is 1. The van der Waals surface area contributed by atoms with E-state index in [0.29, 0.717) is 30.2 Å². The van der Waals surface area contributed by atoms with Gasteiger partial charge in [-0.3, -0.25) is 9.59 Å². The van der Waals surface area contributed by atoms with E-state index in [2.05, 4.69) is 19.2 Å². The summed E-state index contributed by atoms with van der Waals surface area (Å²) in [6, 6.07) is 6.87. The molecule has 0 aliphatic heterocycles. The fraction of sp³-hybridized carbons (Fsp3) is 0.500. The minimum atomic E-state index is -0.126. The van der Waals surface area contributed by atoms with Crippen LogP contribution in [0.4, 0.5) is 0 Å². The Hall–Kier alpha value is -1.84. The Bertz CT molecular complexity index is 438. The van der Waals surface area contributed by atoms with Crippen LogP contribution in [0.3, 0.4) is 0 Å². The lowest BCUT2D eigenvalue weighted by Crippen LogP contribution is -2.30. The lowest BCUT2D eigenvalue weighted by Gasteiger charge is -2.09. The predicted molar refractivity (Wildman–Crippen MR) is 79.0 cm³/mol. The third-order valence-corrected chi connectivity index (χ3v) is 2.91. The van der Waals surface area contributed by atoms with E-state index in [-0.39, 0.29) is 18.3 Å². The largest absolute Gasteiger partial charge is 0.484 e. The van der Waals surface area contributed by atoms with E-state index < -0.39 is 0 Å². The molecule has 0 aliphatic carbocycles. The highest BCUT2D eigenvalue weighted by atomic mass is 16.5. The zero-order valence-electron chi connectivity index (χ0n) is 12.4. The molecule has 4 nitrogen and oxygen atoms in total. The lowest BCUT2D eigenvalue weighted by molar-refractivity contribution is -0.123. The number of ether oxygens (including phenoxy) is 1. The molecule has 4 heteroatoms. The third-order valence-electron chi connectivity index (χ3n) is 2.91.